The van der Waals surface area contributed by atoms with Gasteiger partial charge in [-0.3, -0.25) is 4.79 Å². The number of hydrogen-bond acceptors (Lipinski definition) is 4. The van der Waals surface area contributed by atoms with Crippen LogP contribution < -0.4 is 0 Å². The van der Waals surface area contributed by atoms with Crippen LogP contribution in [0.3, 0.4) is 0 Å². The van der Waals surface area contributed by atoms with Crippen LogP contribution >= 0.6 is 11.6 Å². The van der Waals surface area contributed by atoms with Crippen LogP contribution in [0.25, 0.3) is 0 Å². The number of sulfonamides is 1. The molecule has 0 aliphatic rings. The van der Waals surface area contributed by atoms with Crippen LogP contribution in [0.1, 0.15) is 12.0 Å². The topological polar surface area (TPSA) is 98.5 Å². The molecule has 0 aliphatic carbocycles. The van der Waals surface area contributed by atoms with Gasteiger partial charge < -0.3 is 5.11 Å². The fourth-order valence-corrected chi connectivity index (χ4v) is 3.01. The van der Waals surface area contributed by atoms with Crippen molar-refractivity contribution >= 4 is 27.6 Å². The molecule has 0 aliphatic heterocycles. The molecule has 0 aromatic heterocycles. The fourth-order valence-electron chi connectivity index (χ4n) is 1.32. The Hall–Kier alpha value is -1.62. The maximum Gasteiger partial charge on any atom is 0.304 e. The van der Waals surface area contributed by atoms with Gasteiger partial charge in [-0.15, -0.1) is 0 Å². The Morgan fingerprint density at radius 3 is 2.63 bits per heavy atom. The Balaban J connectivity index is 3.07. The summed E-state index contributed by atoms with van der Waals surface area (Å²) in [4.78, 5) is 10.3. The predicted molar refractivity (Wildman–Crippen MR) is 68.2 cm³/mol. The summed E-state index contributed by atoms with van der Waals surface area (Å²) in [5.74, 6) is -1.09. The van der Waals surface area contributed by atoms with E-state index in [0.717, 1.165) is 4.31 Å². The van der Waals surface area contributed by atoms with E-state index in [2.05, 4.69) is 0 Å². The van der Waals surface area contributed by atoms with Gasteiger partial charge in [0.15, 0.2) is 0 Å². The molecule has 1 rings (SSSR count). The minimum atomic E-state index is -3.86. The third kappa shape index (κ3) is 3.67. The fraction of sp³-hybridized carbons (Fsp3) is 0.273. The van der Waals surface area contributed by atoms with Crippen molar-refractivity contribution in [1.29, 1.82) is 5.26 Å². The highest BCUT2D eigenvalue weighted by atomic mass is 35.5. The number of aliphatic carboxylic acids is 1. The number of nitriles is 1. The van der Waals surface area contributed by atoms with Crippen molar-refractivity contribution in [3.8, 4) is 6.07 Å². The number of carboxylic acid groups (broad SMARTS) is 1. The molecule has 0 heterocycles. The molecule has 1 aromatic carbocycles. The lowest BCUT2D eigenvalue weighted by molar-refractivity contribution is -0.137. The van der Waals surface area contributed by atoms with Crippen LogP contribution in [0.4, 0.5) is 0 Å². The van der Waals surface area contributed by atoms with Gasteiger partial charge in [0.2, 0.25) is 10.0 Å². The first-order valence-corrected chi connectivity index (χ1v) is 6.98. The SMILES string of the molecule is CN(CCC(=O)O)S(=O)(=O)c1ccc(C#N)cc1Cl. The summed E-state index contributed by atoms with van der Waals surface area (Å²) < 4.78 is 25.2. The van der Waals surface area contributed by atoms with Crippen molar-refractivity contribution in [3.05, 3.63) is 28.8 Å². The van der Waals surface area contributed by atoms with Crippen LogP contribution in [0, 0.1) is 11.3 Å². The van der Waals surface area contributed by atoms with Crippen LogP contribution in [0.5, 0.6) is 0 Å². The smallest absolute Gasteiger partial charge is 0.304 e. The second kappa shape index (κ2) is 6.02. The second-order valence-corrected chi connectivity index (χ2v) is 6.15. The molecule has 0 atom stereocenters. The van der Waals surface area contributed by atoms with Crippen molar-refractivity contribution in [3.63, 3.8) is 0 Å². The van der Waals surface area contributed by atoms with E-state index >= 15 is 0 Å². The molecule has 0 spiro atoms. The Labute approximate surface area is 115 Å². The third-order valence-electron chi connectivity index (χ3n) is 2.39. The third-order valence-corrected chi connectivity index (χ3v) is 4.73. The molecule has 1 N–H and O–H groups in total. The molecule has 0 saturated heterocycles. The molecule has 102 valence electrons. The van der Waals surface area contributed by atoms with Gasteiger partial charge in [0.05, 0.1) is 23.1 Å². The summed E-state index contributed by atoms with van der Waals surface area (Å²) in [6, 6.07) is 5.66. The van der Waals surface area contributed by atoms with E-state index < -0.39 is 16.0 Å². The molecular weight excluding hydrogens is 292 g/mol. The van der Waals surface area contributed by atoms with Gasteiger partial charge in [-0.1, -0.05) is 11.6 Å². The van der Waals surface area contributed by atoms with Crippen molar-refractivity contribution in [2.75, 3.05) is 13.6 Å². The molecule has 0 fully saturated rings. The Morgan fingerprint density at radius 2 is 2.16 bits per heavy atom. The molecular formula is C11H11ClN2O4S. The number of halogens is 1. The maximum absolute atomic E-state index is 12.1. The summed E-state index contributed by atoms with van der Waals surface area (Å²) in [5.41, 5.74) is 0.247. The summed E-state index contributed by atoms with van der Waals surface area (Å²) in [7, 11) is -2.59. The molecule has 8 heteroatoms. The maximum atomic E-state index is 12.1. The minimum Gasteiger partial charge on any atom is -0.481 e. The number of benzene rings is 1. The van der Waals surface area contributed by atoms with E-state index in [4.69, 9.17) is 22.0 Å². The minimum absolute atomic E-state index is 0.0683. The molecule has 0 bridgehead atoms. The highest BCUT2D eigenvalue weighted by molar-refractivity contribution is 7.89. The molecule has 6 nitrogen and oxygen atoms in total. The Morgan fingerprint density at radius 1 is 1.53 bits per heavy atom. The zero-order valence-electron chi connectivity index (χ0n) is 10.00. The van der Waals surface area contributed by atoms with Gasteiger partial charge in [0.25, 0.3) is 0 Å². The number of carboxylic acids is 1. The zero-order valence-corrected chi connectivity index (χ0v) is 11.6. The summed E-state index contributed by atoms with van der Waals surface area (Å²) >= 11 is 5.83. The van der Waals surface area contributed by atoms with Crippen LogP contribution in [0.15, 0.2) is 23.1 Å². The molecule has 19 heavy (non-hydrogen) atoms. The Kier molecular flexibility index (Phi) is 4.89. The summed E-state index contributed by atoms with van der Waals surface area (Å²) in [6.45, 7) is -0.159. The molecule has 0 amide bonds. The first kappa shape index (κ1) is 15.4. The van der Waals surface area contributed by atoms with Gasteiger partial charge in [-0.2, -0.15) is 5.26 Å². The van der Waals surface area contributed by atoms with Crippen LogP contribution in [-0.2, 0) is 14.8 Å². The normalized spacial score (nSPS) is 11.3. The van der Waals surface area contributed by atoms with Gasteiger partial charge in [-0.05, 0) is 18.2 Å². The number of carbonyl (C=O) groups is 1. The van der Waals surface area contributed by atoms with E-state index in [-0.39, 0.29) is 28.4 Å². The van der Waals surface area contributed by atoms with Crippen LogP contribution in [-0.4, -0.2) is 37.4 Å². The lowest BCUT2D eigenvalue weighted by atomic mass is 10.2. The van der Waals surface area contributed by atoms with E-state index in [1.807, 2.05) is 6.07 Å². The highest BCUT2D eigenvalue weighted by Gasteiger charge is 2.24. The predicted octanol–water partition coefficient (Wildman–Crippen LogP) is 1.31. The standard InChI is InChI=1S/C11H11ClN2O4S/c1-14(5-4-11(15)16)19(17,18)10-3-2-8(7-13)6-9(10)12/h2-3,6H,4-5H2,1H3,(H,15,16). The van der Waals surface area contributed by atoms with E-state index in [0.29, 0.717) is 0 Å². The Bertz CT molecular complexity index is 637. The number of hydrogen-bond donors (Lipinski definition) is 1. The molecule has 0 unspecified atom stereocenters. The quantitative estimate of drug-likeness (QED) is 0.884. The largest absolute Gasteiger partial charge is 0.481 e. The van der Waals surface area contributed by atoms with Gasteiger partial charge in [0.1, 0.15) is 4.90 Å². The monoisotopic (exact) mass is 302 g/mol. The first-order valence-electron chi connectivity index (χ1n) is 5.17. The highest BCUT2D eigenvalue weighted by Crippen LogP contribution is 2.25. The van der Waals surface area contributed by atoms with Gasteiger partial charge in [-0.25, -0.2) is 12.7 Å². The average molecular weight is 303 g/mol. The summed E-state index contributed by atoms with van der Waals surface area (Å²) in [6.07, 6.45) is -0.302. The second-order valence-electron chi connectivity index (χ2n) is 3.73. The van der Waals surface area contributed by atoms with Crippen molar-refractivity contribution in [1.82, 2.24) is 4.31 Å². The first-order chi connectivity index (χ1) is 8.78. The summed E-state index contributed by atoms with van der Waals surface area (Å²) in [5, 5.41) is 17.1. The molecule has 1 aromatic rings. The van der Waals surface area contributed by atoms with Crippen molar-refractivity contribution in [2.45, 2.75) is 11.3 Å². The molecule has 0 radical (unpaired) electrons. The van der Waals surface area contributed by atoms with Crippen molar-refractivity contribution < 1.29 is 18.3 Å². The number of nitrogens with zero attached hydrogens (tertiary/aromatic N) is 2. The lowest BCUT2D eigenvalue weighted by Gasteiger charge is -2.17. The zero-order chi connectivity index (χ0) is 14.6. The van der Waals surface area contributed by atoms with Crippen LogP contribution in [0.2, 0.25) is 5.02 Å². The number of rotatable bonds is 5. The molecule has 0 saturated carbocycles. The van der Waals surface area contributed by atoms with Gasteiger partial charge in [0, 0.05) is 13.6 Å². The van der Waals surface area contributed by atoms with Gasteiger partial charge >= 0.3 is 5.97 Å². The average Bonchev–Trinajstić information content (AvgIpc) is 2.35. The van der Waals surface area contributed by atoms with Crippen molar-refractivity contribution in [2.24, 2.45) is 0 Å². The van der Waals surface area contributed by atoms with E-state index in [1.54, 1.807) is 0 Å². The van der Waals surface area contributed by atoms with E-state index in [9.17, 15) is 13.2 Å². The lowest BCUT2D eigenvalue weighted by Crippen LogP contribution is -2.29. The van der Waals surface area contributed by atoms with E-state index in [1.165, 1.54) is 25.2 Å².